The number of benzene rings is 2. The third kappa shape index (κ3) is 4.41. The molecule has 0 bridgehead atoms. The summed E-state index contributed by atoms with van der Waals surface area (Å²) in [5, 5.41) is 9.51. The molecule has 0 atom stereocenters. The summed E-state index contributed by atoms with van der Waals surface area (Å²) in [6.45, 7) is 0. The highest BCUT2D eigenvalue weighted by Gasteiger charge is 2.21. The number of carboxylic acids is 1. The van der Waals surface area contributed by atoms with Crippen molar-refractivity contribution in [2.45, 2.75) is 0 Å². The van der Waals surface area contributed by atoms with Crippen LogP contribution in [0.4, 0.5) is 0 Å². The van der Waals surface area contributed by atoms with Gasteiger partial charge in [0.25, 0.3) is 0 Å². The third-order valence-electron chi connectivity index (χ3n) is 3.15. The second-order valence-corrected chi connectivity index (χ2v) is 4.73. The molecule has 0 radical (unpaired) electrons. The summed E-state index contributed by atoms with van der Waals surface area (Å²) in [4.78, 5) is 23.7. The summed E-state index contributed by atoms with van der Waals surface area (Å²) >= 11 is 0. The first-order valence-corrected chi connectivity index (χ1v) is 6.97. The maximum Gasteiger partial charge on any atom is 0.338 e. The molecular formula is C19H16O4. The van der Waals surface area contributed by atoms with Gasteiger partial charge in [-0.1, -0.05) is 60.7 Å². The summed E-state index contributed by atoms with van der Waals surface area (Å²) in [6, 6.07) is 18.0. The number of aliphatic carboxylic acids is 1. The van der Waals surface area contributed by atoms with Gasteiger partial charge in [0.05, 0.1) is 18.3 Å². The summed E-state index contributed by atoms with van der Waals surface area (Å²) in [6.07, 6.45) is 2.96. The summed E-state index contributed by atoms with van der Waals surface area (Å²) in [5.41, 5.74) is 1.28. The molecule has 0 aliphatic heterocycles. The van der Waals surface area contributed by atoms with Gasteiger partial charge in [0, 0.05) is 0 Å². The Balaban J connectivity index is 2.55. The van der Waals surface area contributed by atoms with Crippen LogP contribution in [0.5, 0.6) is 0 Å². The summed E-state index contributed by atoms with van der Waals surface area (Å²) in [7, 11) is 1.23. The van der Waals surface area contributed by atoms with E-state index in [4.69, 9.17) is 4.74 Å². The van der Waals surface area contributed by atoms with E-state index in [-0.39, 0.29) is 11.1 Å². The minimum absolute atomic E-state index is 0.00458. The Morgan fingerprint density at radius 2 is 1.26 bits per heavy atom. The van der Waals surface area contributed by atoms with Gasteiger partial charge < -0.3 is 9.84 Å². The number of carbonyl (C=O) groups excluding carboxylic acids is 1. The summed E-state index contributed by atoms with van der Waals surface area (Å²) < 4.78 is 4.74. The summed E-state index contributed by atoms with van der Waals surface area (Å²) in [5.74, 6) is -1.89. The van der Waals surface area contributed by atoms with Crippen LogP contribution >= 0.6 is 0 Å². The third-order valence-corrected chi connectivity index (χ3v) is 3.15. The van der Waals surface area contributed by atoms with E-state index in [1.165, 1.54) is 19.3 Å². The van der Waals surface area contributed by atoms with Crippen molar-refractivity contribution in [3.8, 4) is 0 Å². The van der Waals surface area contributed by atoms with Crippen molar-refractivity contribution in [2.24, 2.45) is 0 Å². The fourth-order valence-corrected chi connectivity index (χ4v) is 2.04. The highest BCUT2D eigenvalue weighted by Crippen LogP contribution is 2.20. The molecule has 1 N–H and O–H groups in total. The van der Waals surface area contributed by atoms with Gasteiger partial charge in [-0.3, -0.25) is 0 Å². The normalized spacial score (nSPS) is 11.9. The molecule has 0 saturated heterocycles. The molecule has 0 spiro atoms. The predicted molar refractivity (Wildman–Crippen MR) is 88.5 cm³/mol. The van der Waals surface area contributed by atoms with E-state index in [1.54, 1.807) is 36.4 Å². The lowest BCUT2D eigenvalue weighted by Gasteiger charge is -2.07. The minimum Gasteiger partial charge on any atom is -0.478 e. The maximum absolute atomic E-state index is 12.1. The van der Waals surface area contributed by atoms with Crippen LogP contribution in [-0.2, 0) is 14.3 Å². The average molecular weight is 308 g/mol. The Morgan fingerprint density at radius 3 is 1.65 bits per heavy atom. The molecule has 2 aromatic carbocycles. The molecule has 0 heterocycles. The van der Waals surface area contributed by atoms with Crippen molar-refractivity contribution in [2.75, 3.05) is 7.11 Å². The Bertz CT molecular complexity index is 743. The quantitative estimate of drug-likeness (QED) is 0.522. The number of carboxylic acid groups (broad SMARTS) is 1. The second-order valence-electron chi connectivity index (χ2n) is 4.73. The monoisotopic (exact) mass is 308 g/mol. The first-order valence-electron chi connectivity index (χ1n) is 6.97. The van der Waals surface area contributed by atoms with E-state index < -0.39 is 11.9 Å². The second kappa shape index (κ2) is 7.75. The smallest absolute Gasteiger partial charge is 0.338 e. The van der Waals surface area contributed by atoms with E-state index in [0.717, 1.165) is 0 Å². The Hall–Kier alpha value is -3.14. The van der Waals surface area contributed by atoms with E-state index >= 15 is 0 Å². The number of rotatable bonds is 5. The van der Waals surface area contributed by atoms with Crippen LogP contribution in [0.2, 0.25) is 0 Å². The molecular weight excluding hydrogens is 292 g/mol. The highest BCUT2D eigenvalue weighted by molar-refractivity contribution is 6.12. The van der Waals surface area contributed by atoms with Gasteiger partial charge in [-0.15, -0.1) is 0 Å². The van der Waals surface area contributed by atoms with Crippen LogP contribution < -0.4 is 0 Å². The minimum atomic E-state index is -1.19. The van der Waals surface area contributed by atoms with Crippen molar-refractivity contribution >= 4 is 24.1 Å². The van der Waals surface area contributed by atoms with Gasteiger partial charge in [0.2, 0.25) is 0 Å². The van der Waals surface area contributed by atoms with Crippen molar-refractivity contribution in [3.63, 3.8) is 0 Å². The first kappa shape index (κ1) is 16.2. The lowest BCUT2D eigenvalue weighted by Crippen LogP contribution is -2.13. The van der Waals surface area contributed by atoms with E-state index in [2.05, 4.69) is 0 Å². The molecule has 0 saturated carbocycles. The number of hydrogen-bond donors (Lipinski definition) is 1. The standard InChI is InChI=1S/C19H16O4/c1-23-19(22)17(13-15-10-6-3-7-11-15)16(18(20)21)12-14-8-4-2-5-9-14/h2-13H,1H3,(H,20,21). The van der Waals surface area contributed by atoms with Gasteiger partial charge >= 0.3 is 11.9 Å². The molecule has 2 rings (SSSR count). The molecule has 4 heteroatoms. The highest BCUT2D eigenvalue weighted by atomic mass is 16.5. The fourth-order valence-electron chi connectivity index (χ4n) is 2.04. The first-order chi connectivity index (χ1) is 11.1. The van der Waals surface area contributed by atoms with Crippen LogP contribution in [0.25, 0.3) is 12.2 Å². The topological polar surface area (TPSA) is 63.6 Å². The molecule has 0 amide bonds. The maximum atomic E-state index is 12.1. The fraction of sp³-hybridized carbons (Fsp3) is 0.0526. The zero-order valence-electron chi connectivity index (χ0n) is 12.6. The van der Waals surface area contributed by atoms with Gasteiger partial charge in [-0.25, -0.2) is 9.59 Å². The number of hydrogen-bond acceptors (Lipinski definition) is 3. The lowest BCUT2D eigenvalue weighted by atomic mass is 10.0. The molecule has 0 aliphatic rings. The zero-order valence-corrected chi connectivity index (χ0v) is 12.6. The van der Waals surface area contributed by atoms with Crippen molar-refractivity contribution in [1.82, 2.24) is 0 Å². The van der Waals surface area contributed by atoms with Crippen LogP contribution in [0.1, 0.15) is 11.1 Å². The zero-order chi connectivity index (χ0) is 16.7. The molecule has 2 aromatic rings. The number of methoxy groups -OCH3 is 1. The average Bonchev–Trinajstić information content (AvgIpc) is 2.59. The van der Waals surface area contributed by atoms with Crippen LogP contribution in [0.3, 0.4) is 0 Å². The lowest BCUT2D eigenvalue weighted by molar-refractivity contribution is -0.138. The number of ether oxygens (including phenoxy) is 1. The van der Waals surface area contributed by atoms with Crippen molar-refractivity contribution in [3.05, 3.63) is 82.9 Å². The van der Waals surface area contributed by atoms with Gasteiger partial charge in [0.1, 0.15) is 0 Å². The van der Waals surface area contributed by atoms with Gasteiger partial charge in [0.15, 0.2) is 0 Å². The van der Waals surface area contributed by atoms with E-state index in [0.29, 0.717) is 11.1 Å². The van der Waals surface area contributed by atoms with Crippen LogP contribution in [0.15, 0.2) is 71.8 Å². The molecule has 4 nitrogen and oxygen atoms in total. The van der Waals surface area contributed by atoms with Gasteiger partial charge in [-0.2, -0.15) is 0 Å². The van der Waals surface area contributed by atoms with Crippen LogP contribution in [-0.4, -0.2) is 24.2 Å². The van der Waals surface area contributed by atoms with E-state index in [9.17, 15) is 14.7 Å². The van der Waals surface area contributed by atoms with Crippen molar-refractivity contribution < 1.29 is 19.4 Å². The number of carbonyl (C=O) groups is 2. The van der Waals surface area contributed by atoms with Crippen molar-refractivity contribution in [1.29, 1.82) is 0 Å². The Labute approximate surface area is 134 Å². The predicted octanol–water partition coefficient (Wildman–Crippen LogP) is 3.41. The van der Waals surface area contributed by atoms with E-state index in [1.807, 2.05) is 24.3 Å². The number of esters is 1. The molecule has 0 unspecified atom stereocenters. The Morgan fingerprint density at radius 1 is 0.826 bits per heavy atom. The molecule has 0 fully saturated rings. The molecule has 0 aliphatic carbocycles. The molecule has 23 heavy (non-hydrogen) atoms. The SMILES string of the molecule is COC(=O)C(=Cc1ccccc1)C(=Cc1ccccc1)C(=O)O. The largest absolute Gasteiger partial charge is 0.478 e. The van der Waals surface area contributed by atoms with Crippen LogP contribution in [0, 0.1) is 0 Å². The molecule has 116 valence electrons. The molecule has 0 aromatic heterocycles. The Kier molecular flexibility index (Phi) is 5.47. The van der Waals surface area contributed by atoms with Gasteiger partial charge in [-0.05, 0) is 23.3 Å².